The molecule has 1 amide bonds. The van der Waals surface area contributed by atoms with Crippen LogP contribution >= 0.6 is 0 Å². The number of nitrogens with two attached hydrogens (primary N) is 1. The van der Waals surface area contributed by atoms with E-state index in [-0.39, 0.29) is 5.91 Å². The molecule has 2 N–H and O–H groups in total. The van der Waals surface area contributed by atoms with Crippen LogP contribution in [0.2, 0.25) is 0 Å². The number of methoxy groups -OCH3 is 1. The van der Waals surface area contributed by atoms with Crippen LogP contribution in [0.4, 0.5) is 5.69 Å². The van der Waals surface area contributed by atoms with Crippen molar-refractivity contribution in [1.29, 1.82) is 0 Å². The standard InChI is InChI=1S/C11H17N3O2/c1-14(9-4-3-6-13-8-9)11(15)10(12)5-7-16-2/h3-4,6,8,10H,5,7,12H2,1-2H3. The first-order valence-corrected chi connectivity index (χ1v) is 5.09. The summed E-state index contributed by atoms with van der Waals surface area (Å²) in [6, 6.07) is 3.05. The molecule has 0 aliphatic carbocycles. The van der Waals surface area contributed by atoms with Crippen LogP contribution in [0.15, 0.2) is 24.5 Å². The van der Waals surface area contributed by atoms with Gasteiger partial charge in [0.15, 0.2) is 0 Å². The highest BCUT2D eigenvalue weighted by Crippen LogP contribution is 2.10. The van der Waals surface area contributed by atoms with Gasteiger partial charge in [0.25, 0.3) is 0 Å². The van der Waals surface area contributed by atoms with E-state index >= 15 is 0 Å². The van der Waals surface area contributed by atoms with Crippen LogP contribution in [0.1, 0.15) is 6.42 Å². The van der Waals surface area contributed by atoms with E-state index in [1.165, 1.54) is 4.90 Å². The number of pyridine rings is 1. The van der Waals surface area contributed by atoms with Gasteiger partial charge in [0.1, 0.15) is 0 Å². The zero-order valence-corrected chi connectivity index (χ0v) is 9.59. The van der Waals surface area contributed by atoms with Gasteiger partial charge in [-0.1, -0.05) is 0 Å². The second kappa shape index (κ2) is 6.19. The van der Waals surface area contributed by atoms with Crippen molar-refractivity contribution in [2.75, 3.05) is 25.7 Å². The van der Waals surface area contributed by atoms with E-state index in [9.17, 15) is 4.79 Å². The first-order valence-electron chi connectivity index (χ1n) is 5.09. The molecule has 1 heterocycles. The van der Waals surface area contributed by atoms with Crippen LogP contribution in [0.5, 0.6) is 0 Å². The molecule has 1 unspecified atom stereocenters. The number of nitrogens with zero attached hydrogens (tertiary/aromatic N) is 2. The van der Waals surface area contributed by atoms with E-state index in [4.69, 9.17) is 10.5 Å². The Balaban J connectivity index is 2.60. The van der Waals surface area contributed by atoms with Crippen molar-refractivity contribution < 1.29 is 9.53 Å². The minimum Gasteiger partial charge on any atom is -0.385 e. The minimum atomic E-state index is -0.537. The van der Waals surface area contributed by atoms with E-state index in [0.29, 0.717) is 13.0 Å². The molecule has 5 nitrogen and oxygen atoms in total. The Hall–Kier alpha value is -1.46. The summed E-state index contributed by atoms with van der Waals surface area (Å²) in [5.74, 6) is -0.134. The molecule has 0 saturated carbocycles. The van der Waals surface area contributed by atoms with Gasteiger partial charge in [-0.3, -0.25) is 9.78 Å². The summed E-state index contributed by atoms with van der Waals surface area (Å²) >= 11 is 0. The number of rotatable bonds is 5. The third-order valence-electron chi connectivity index (χ3n) is 2.31. The van der Waals surface area contributed by atoms with Crippen LogP contribution in [0.3, 0.4) is 0 Å². The van der Waals surface area contributed by atoms with Gasteiger partial charge in [-0.2, -0.15) is 0 Å². The van der Waals surface area contributed by atoms with Gasteiger partial charge >= 0.3 is 0 Å². The maximum atomic E-state index is 11.9. The summed E-state index contributed by atoms with van der Waals surface area (Å²) in [5.41, 5.74) is 6.49. The maximum Gasteiger partial charge on any atom is 0.243 e. The summed E-state index contributed by atoms with van der Waals surface area (Å²) in [4.78, 5) is 17.3. The summed E-state index contributed by atoms with van der Waals surface area (Å²) in [6.45, 7) is 0.480. The molecule has 16 heavy (non-hydrogen) atoms. The number of ether oxygens (including phenoxy) is 1. The third-order valence-corrected chi connectivity index (χ3v) is 2.31. The highest BCUT2D eigenvalue weighted by molar-refractivity contribution is 5.96. The van der Waals surface area contributed by atoms with E-state index in [2.05, 4.69) is 4.98 Å². The second-order valence-corrected chi connectivity index (χ2v) is 3.50. The van der Waals surface area contributed by atoms with Crippen LogP contribution in [-0.2, 0) is 9.53 Å². The number of aromatic nitrogens is 1. The third kappa shape index (κ3) is 3.29. The summed E-state index contributed by atoms with van der Waals surface area (Å²) < 4.78 is 4.89. The molecule has 1 atom stereocenters. The molecule has 88 valence electrons. The Morgan fingerprint density at radius 2 is 2.44 bits per heavy atom. The lowest BCUT2D eigenvalue weighted by atomic mass is 10.2. The molecule has 0 aliphatic heterocycles. The molecule has 0 radical (unpaired) electrons. The van der Waals surface area contributed by atoms with E-state index in [0.717, 1.165) is 5.69 Å². The molecule has 0 aromatic carbocycles. The van der Waals surface area contributed by atoms with E-state index in [1.807, 2.05) is 6.07 Å². The van der Waals surface area contributed by atoms with Crippen LogP contribution in [0, 0.1) is 0 Å². The number of hydrogen-bond acceptors (Lipinski definition) is 4. The van der Waals surface area contributed by atoms with Crippen molar-refractivity contribution >= 4 is 11.6 Å². The highest BCUT2D eigenvalue weighted by Gasteiger charge is 2.18. The topological polar surface area (TPSA) is 68.5 Å². The molecule has 0 spiro atoms. The molecule has 0 bridgehead atoms. The number of carbonyl (C=O) groups is 1. The average Bonchev–Trinajstić information content (AvgIpc) is 2.35. The fourth-order valence-corrected chi connectivity index (χ4v) is 1.30. The first kappa shape index (κ1) is 12.6. The minimum absolute atomic E-state index is 0.134. The Kier molecular flexibility index (Phi) is 4.88. The molecule has 1 aromatic rings. The second-order valence-electron chi connectivity index (χ2n) is 3.50. The summed E-state index contributed by atoms with van der Waals surface area (Å²) in [5, 5.41) is 0. The predicted octanol–water partition coefficient (Wildman–Crippen LogP) is 0.408. The predicted molar refractivity (Wildman–Crippen MR) is 62.1 cm³/mol. The lowest BCUT2D eigenvalue weighted by Crippen LogP contribution is -2.42. The number of hydrogen-bond donors (Lipinski definition) is 1. The number of amides is 1. The van der Waals surface area contributed by atoms with Crippen molar-refractivity contribution in [2.24, 2.45) is 5.73 Å². The van der Waals surface area contributed by atoms with Crippen molar-refractivity contribution in [1.82, 2.24) is 4.98 Å². The van der Waals surface area contributed by atoms with Gasteiger partial charge in [0.2, 0.25) is 5.91 Å². The van der Waals surface area contributed by atoms with Crippen LogP contribution in [-0.4, -0.2) is 37.7 Å². The van der Waals surface area contributed by atoms with Crippen molar-refractivity contribution in [3.63, 3.8) is 0 Å². The molecule has 0 aliphatic rings. The lowest BCUT2D eigenvalue weighted by Gasteiger charge is -2.20. The Morgan fingerprint density at radius 1 is 1.69 bits per heavy atom. The molecule has 1 rings (SSSR count). The Bertz CT molecular complexity index is 329. The van der Waals surface area contributed by atoms with Crippen LogP contribution < -0.4 is 10.6 Å². The van der Waals surface area contributed by atoms with Gasteiger partial charge in [0, 0.05) is 27.0 Å². The van der Waals surface area contributed by atoms with Crippen molar-refractivity contribution in [3.8, 4) is 0 Å². The van der Waals surface area contributed by atoms with E-state index in [1.54, 1.807) is 32.6 Å². The Morgan fingerprint density at radius 3 is 3.00 bits per heavy atom. The maximum absolute atomic E-state index is 11.9. The monoisotopic (exact) mass is 223 g/mol. The zero-order chi connectivity index (χ0) is 12.0. The number of likely N-dealkylation sites (N-methyl/N-ethyl adjacent to an activating group) is 1. The smallest absolute Gasteiger partial charge is 0.243 e. The number of anilines is 1. The van der Waals surface area contributed by atoms with Gasteiger partial charge in [-0.15, -0.1) is 0 Å². The van der Waals surface area contributed by atoms with Crippen molar-refractivity contribution in [2.45, 2.75) is 12.5 Å². The van der Waals surface area contributed by atoms with Crippen LogP contribution in [0.25, 0.3) is 0 Å². The van der Waals surface area contributed by atoms with E-state index < -0.39 is 6.04 Å². The highest BCUT2D eigenvalue weighted by atomic mass is 16.5. The summed E-state index contributed by atoms with van der Waals surface area (Å²) in [7, 11) is 3.27. The van der Waals surface area contributed by atoms with Gasteiger partial charge in [-0.25, -0.2) is 0 Å². The number of carbonyl (C=O) groups excluding carboxylic acids is 1. The molecule has 1 aromatic heterocycles. The first-order chi connectivity index (χ1) is 7.66. The fraction of sp³-hybridized carbons (Fsp3) is 0.455. The normalized spacial score (nSPS) is 12.2. The Labute approximate surface area is 95.2 Å². The SMILES string of the molecule is COCCC(N)C(=O)N(C)c1cccnc1. The van der Waals surface area contributed by atoms with Crippen molar-refractivity contribution in [3.05, 3.63) is 24.5 Å². The van der Waals surface area contributed by atoms with Gasteiger partial charge < -0.3 is 15.4 Å². The average molecular weight is 223 g/mol. The van der Waals surface area contributed by atoms with Gasteiger partial charge in [-0.05, 0) is 18.6 Å². The molecule has 5 heteroatoms. The molecular formula is C11H17N3O2. The summed E-state index contributed by atoms with van der Waals surface area (Å²) in [6.07, 6.45) is 3.80. The van der Waals surface area contributed by atoms with Gasteiger partial charge in [0.05, 0.1) is 17.9 Å². The molecule has 0 fully saturated rings. The fourth-order valence-electron chi connectivity index (χ4n) is 1.30. The quantitative estimate of drug-likeness (QED) is 0.785. The molecular weight excluding hydrogens is 206 g/mol. The largest absolute Gasteiger partial charge is 0.385 e. The molecule has 0 saturated heterocycles. The lowest BCUT2D eigenvalue weighted by molar-refractivity contribution is -0.119. The zero-order valence-electron chi connectivity index (χ0n) is 9.59.